The number of carbonyl (C=O) groups excluding carboxylic acids is 1. The molecule has 2 heterocycles. The largest absolute Gasteiger partial charge is 0.497 e. The number of rotatable bonds is 4. The van der Waals surface area contributed by atoms with Crippen LogP contribution in [0, 0.1) is 6.92 Å². The summed E-state index contributed by atoms with van der Waals surface area (Å²) >= 11 is 0. The van der Waals surface area contributed by atoms with Gasteiger partial charge in [-0.15, -0.1) is 0 Å². The summed E-state index contributed by atoms with van der Waals surface area (Å²) in [5.41, 5.74) is 1.57. The molecule has 0 bridgehead atoms. The minimum absolute atomic E-state index is 0.202. The van der Waals surface area contributed by atoms with Crippen molar-refractivity contribution >= 4 is 5.91 Å². The summed E-state index contributed by atoms with van der Waals surface area (Å²) in [5, 5.41) is 10.2. The van der Waals surface area contributed by atoms with E-state index in [-0.39, 0.29) is 11.9 Å². The number of likely N-dealkylation sites (tertiary alicyclic amines) is 1. The molecular weight excluding hydrogens is 320 g/mol. The van der Waals surface area contributed by atoms with E-state index in [1.807, 2.05) is 24.3 Å². The zero-order valence-electron chi connectivity index (χ0n) is 14.4. The topological polar surface area (TPSA) is 75.8 Å². The fourth-order valence-corrected chi connectivity index (χ4v) is 3.45. The maximum absolute atomic E-state index is 13.1. The average molecular weight is 342 g/mol. The summed E-state index contributed by atoms with van der Waals surface area (Å²) in [7, 11) is 1.61. The average Bonchev–Trinajstić information content (AvgIpc) is 3.29. The summed E-state index contributed by atoms with van der Waals surface area (Å²) in [4.78, 5) is 19.2. The van der Waals surface area contributed by atoms with Crippen molar-refractivity contribution in [3.8, 4) is 5.75 Å². The Morgan fingerprint density at radius 2 is 2.20 bits per heavy atom. The first-order chi connectivity index (χ1) is 12.1. The van der Waals surface area contributed by atoms with Crippen molar-refractivity contribution in [3.05, 3.63) is 47.2 Å². The fourth-order valence-electron chi connectivity index (χ4n) is 3.45. The van der Waals surface area contributed by atoms with Crippen molar-refractivity contribution in [2.24, 2.45) is 0 Å². The summed E-state index contributed by atoms with van der Waals surface area (Å²) in [6.07, 6.45) is 2.10. The van der Waals surface area contributed by atoms with Gasteiger partial charge >= 0.3 is 0 Å². The standard InChI is InChI=1S/C19H22N2O4/c1-11-17(25-18(20-11)12-6-7-12)19(23)21-10-14(22)9-16(21)13-4-3-5-15(8-13)24-2/h3-5,8,12,14,16,22H,6-7,9-10H2,1-2H3/t14-,16+/m1/s1. The lowest BCUT2D eigenvalue weighted by Crippen LogP contribution is -2.32. The molecule has 1 aliphatic heterocycles. The molecule has 2 aromatic rings. The highest BCUT2D eigenvalue weighted by molar-refractivity contribution is 5.93. The van der Waals surface area contributed by atoms with Crippen molar-refractivity contribution in [1.29, 1.82) is 0 Å². The van der Waals surface area contributed by atoms with Gasteiger partial charge in [0.05, 0.1) is 24.9 Å². The Balaban J connectivity index is 1.63. The monoisotopic (exact) mass is 342 g/mol. The Labute approximate surface area is 146 Å². The molecule has 2 aliphatic rings. The number of oxazole rings is 1. The second-order valence-corrected chi connectivity index (χ2v) is 6.88. The van der Waals surface area contributed by atoms with Gasteiger partial charge < -0.3 is 19.2 Å². The highest BCUT2D eigenvalue weighted by Crippen LogP contribution is 2.41. The molecule has 132 valence electrons. The Bertz CT molecular complexity index is 796. The first kappa shape index (κ1) is 16.1. The van der Waals surface area contributed by atoms with E-state index >= 15 is 0 Å². The number of amides is 1. The molecule has 6 heteroatoms. The second-order valence-electron chi connectivity index (χ2n) is 6.88. The van der Waals surface area contributed by atoms with E-state index in [1.165, 1.54) is 0 Å². The van der Waals surface area contributed by atoms with Gasteiger partial charge in [0.15, 0.2) is 5.89 Å². The Morgan fingerprint density at radius 1 is 1.40 bits per heavy atom. The molecule has 4 rings (SSSR count). The van der Waals surface area contributed by atoms with E-state index in [0.29, 0.717) is 36.2 Å². The normalized spacial score (nSPS) is 23.1. The number of methoxy groups -OCH3 is 1. The van der Waals surface area contributed by atoms with Crippen LogP contribution in [0.1, 0.15) is 58.9 Å². The van der Waals surface area contributed by atoms with Crippen LogP contribution in [0.2, 0.25) is 0 Å². The maximum atomic E-state index is 13.1. The zero-order valence-corrected chi connectivity index (χ0v) is 14.4. The van der Waals surface area contributed by atoms with E-state index in [4.69, 9.17) is 9.15 Å². The number of hydrogen-bond donors (Lipinski definition) is 1. The van der Waals surface area contributed by atoms with Gasteiger partial charge in [-0.2, -0.15) is 0 Å². The Hall–Kier alpha value is -2.34. The molecule has 1 aromatic heterocycles. The predicted octanol–water partition coefficient (Wildman–Crippen LogP) is 2.82. The summed E-state index contributed by atoms with van der Waals surface area (Å²) < 4.78 is 11.1. The summed E-state index contributed by atoms with van der Waals surface area (Å²) in [6.45, 7) is 2.09. The van der Waals surface area contributed by atoms with Crippen molar-refractivity contribution in [1.82, 2.24) is 9.88 Å². The van der Waals surface area contributed by atoms with Crippen LogP contribution in [0.4, 0.5) is 0 Å². The molecule has 1 saturated heterocycles. The van der Waals surface area contributed by atoms with Crippen LogP contribution >= 0.6 is 0 Å². The Kier molecular flexibility index (Phi) is 4.00. The molecule has 2 fully saturated rings. The number of β-amino-alcohol motifs (C(OH)–C–C–N with tert-alkyl or cyclic N) is 1. The van der Waals surface area contributed by atoms with Gasteiger partial charge in [-0.3, -0.25) is 4.79 Å². The maximum Gasteiger partial charge on any atom is 0.292 e. The smallest absolute Gasteiger partial charge is 0.292 e. The molecule has 0 unspecified atom stereocenters. The summed E-state index contributed by atoms with van der Waals surface area (Å²) in [5.74, 6) is 1.85. The molecule has 2 atom stereocenters. The molecule has 6 nitrogen and oxygen atoms in total. The Morgan fingerprint density at radius 3 is 2.92 bits per heavy atom. The fraction of sp³-hybridized carbons (Fsp3) is 0.474. The number of benzene rings is 1. The third-order valence-electron chi connectivity index (χ3n) is 4.95. The van der Waals surface area contributed by atoms with E-state index in [9.17, 15) is 9.90 Å². The molecule has 0 radical (unpaired) electrons. The van der Waals surface area contributed by atoms with Crippen LogP contribution in [0.15, 0.2) is 28.7 Å². The van der Waals surface area contributed by atoms with E-state index < -0.39 is 6.10 Å². The van der Waals surface area contributed by atoms with Gasteiger partial charge in [-0.25, -0.2) is 4.98 Å². The lowest BCUT2D eigenvalue weighted by molar-refractivity contribution is 0.0680. The minimum Gasteiger partial charge on any atom is -0.497 e. The van der Waals surface area contributed by atoms with Crippen LogP contribution in [-0.2, 0) is 0 Å². The number of aliphatic hydroxyl groups excluding tert-OH is 1. The number of carbonyl (C=O) groups is 1. The van der Waals surface area contributed by atoms with Crippen LogP contribution in [0.5, 0.6) is 5.75 Å². The van der Waals surface area contributed by atoms with Crippen LogP contribution in [-0.4, -0.2) is 40.7 Å². The molecular formula is C19H22N2O4. The molecule has 1 amide bonds. The molecule has 1 N–H and O–H groups in total. The van der Waals surface area contributed by atoms with Gasteiger partial charge in [0, 0.05) is 12.5 Å². The molecule has 0 spiro atoms. The number of hydrogen-bond acceptors (Lipinski definition) is 5. The second kappa shape index (κ2) is 6.19. The lowest BCUT2D eigenvalue weighted by Gasteiger charge is -2.24. The van der Waals surface area contributed by atoms with Gasteiger partial charge in [0.25, 0.3) is 5.91 Å². The third-order valence-corrected chi connectivity index (χ3v) is 4.95. The molecule has 1 aromatic carbocycles. The van der Waals surface area contributed by atoms with Crippen molar-refractivity contribution in [2.45, 2.75) is 44.2 Å². The first-order valence-corrected chi connectivity index (χ1v) is 8.67. The number of aryl methyl sites for hydroxylation is 1. The molecule has 25 heavy (non-hydrogen) atoms. The van der Waals surface area contributed by atoms with E-state index in [2.05, 4.69) is 4.98 Å². The van der Waals surface area contributed by atoms with Gasteiger partial charge in [0.2, 0.25) is 5.76 Å². The lowest BCUT2D eigenvalue weighted by atomic mass is 10.0. The quantitative estimate of drug-likeness (QED) is 0.925. The molecule has 1 aliphatic carbocycles. The van der Waals surface area contributed by atoms with Crippen molar-refractivity contribution in [2.75, 3.05) is 13.7 Å². The van der Waals surface area contributed by atoms with Crippen LogP contribution in [0.25, 0.3) is 0 Å². The van der Waals surface area contributed by atoms with Gasteiger partial charge in [-0.1, -0.05) is 12.1 Å². The number of aliphatic hydroxyl groups is 1. The number of ether oxygens (including phenoxy) is 1. The van der Waals surface area contributed by atoms with Crippen LogP contribution in [0.3, 0.4) is 0 Å². The number of aromatic nitrogens is 1. The third kappa shape index (κ3) is 3.02. The van der Waals surface area contributed by atoms with Crippen molar-refractivity contribution < 1.29 is 19.1 Å². The van der Waals surface area contributed by atoms with Crippen molar-refractivity contribution in [3.63, 3.8) is 0 Å². The number of nitrogens with zero attached hydrogens (tertiary/aromatic N) is 2. The van der Waals surface area contributed by atoms with Crippen LogP contribution < -0.4 is 4.74 Å². The van der Waals surface area contributed by atoms with Gasteiger partial charge in [-0.05, 0) is 43.9 Å². The van der Waals surface area contributed by atoms with Gasteiger partial charge in [0.1, 0.15) is 5.75 Å². The minimum atomic E-state index is -0.550. The predicted molar refractivity (Wildman–Crippen MR) is 90.6 cm³/mol. The summed E-state index contributed by atoms with van der Waals surface area (Å²) in [6, 6.07) is 7.42. The molecule has 1 saturated carbocycles. The first-order valence-electron chi connectivity index (χ1n) is 8.67. The highest BCUT2D eigenvalue weighted by Gasteiger charge is 2.39. The van der Waals surface area contributed by atoms with E-state index in [0.717, 1.165) is 24.2 Å². The highest BCUT2D eigenvalue weighted by atomic mass is 16.5. The van der Waals surface area contributed by atoms with E-state index in [1.54, 1.807) is 18.9 Å². The SMILES string of the molecule is COc1cccc([C@@H]2C[C@@H](O)CN2C(=O)c2oc(C3CC3)nc2C)c1. The zero-order chi connectivity index (χ0) is 17.6.